The maximum atomic E-state index is 12.6. The molecule has 2 aromatic heterocycles. The Labute approximate surface area is 143 Å². The number of hydrogen-bond acceptors (Lipinski definition) is 3. The van der Waals surface area contributed by atoms with Crippen molar-refractivity contribution < 1.29 is 0 Å². The van der Waals surface area contributed by atoms with Gasteiger partial charge in [0.05, 0.1) is 12.2 Å². The Bertz CT molecular complexity index is 1160. The zero-order valence-corrected chi connectivity index (χ0v) is 13.4. The van der Waals surface area contributed by atoms with Crippen molar-refractivity contribution >= 4 is 10.8 Å². The third-order valence-corrected chi connectivity index (χ3v) is 4.19. The summed E-state index contributed by atoms with van der Waals surface area (Å²) >= 11 is 0. The Morgan fingerprint density at radius 1 is 0.800 bits per heavy atom. The van der Waals surface area contributed by atoms with Crippen molar-refractivity contribution in [2.75, 3.05) is 0 Å². The first-order valence-electron chi connectivity index (χ1n) is 7.93. The van der Waals surface area contributed by atoms with Crippen molar-refractivity contribution in [1.82, 2.24) is 14.1 Å². The highest BCUT2D eigenvalue weighted by atomic mass is 16.2. The molecular formula is C20H15N3O2. The number of nitrogens with zero attached hydrogens (tertiary/aromatic N) is 3. The van der Waals surface area contributed by atoms with Crippen LogP contribution in [0, 0.1) is 0 Å². The summed E-state index contributed by atoms with van der Waals surface area (Å²) in [5.41, 5.74) is 0.510. The topological polar surface area (TPSA) is 56.9 Å². The molecule has 0 radical (unpaired) electrons. The van der Waals surface area contributed by atoms with Gasteiger partial charge in [0.1, 0.15) is 0 Å². The second-order valence-corrected chi connectivity index (χ2v) is 5.76. The van der Waals surface area contributed by atoms with Gasteiger partial charge in [-0.3, -0.25) is 19.1 Å². The van der Waals surface area contributed by atoms with Crippen LogP contribution < -0.4 is 11.1 Å². The second kappa shape index (κ2) is 6.20. The van der Waals surface area contributed by atoms with E-state index in [9.17, 15) is 9.59 Å². The van der Waals surface area contributed by atoms with Gasteiger partial charge in [-0.2, -0.15) is 0 Å². The van der Waals surface area contributed by atoms with Gasteiger partial charge in [-0.15, -0.1) is 0 Å². The van der Waals surface area contributed by atoms with Crippen LogP contribution in [0.1, 0.15) is 5.56 Å². The lowest BCUT2D eigenvalue weighted by molar-refractivity contribution is 0.718. The minimum Gasteiger partial charge on any atom is -0.305 e. The van der Waals surface area contributed by atoms with Crippen LogP contribution in [-0.4, -0.2) is 14.1 Å². The predicted octanol–water partition coefficient (Wildman–Crippen LogP) is 2.60. The van der Waals surface area contributed by atoms with E-state index in [4.69, 9.17) is 0 Å². The molecule has 0 fully saturated rings. The highest BCUT2D eigenvalue weighted by Gasteiger charge is 2.09. The molecule has 0 spiro atoms. The van der Waals surface area contributed by atoms with Crippen molar-refractivity contribution in [2.45, 2.75) is 6.54 Å². The van der Waals surface area contributed by atoms with Gasteiger partial charge in [0.25, 0.3) is 0 Å². The second-order valence-electron chi connectivity index (χ2n) is 5.76. The Morgan fingerprint density at radius 2 is 1.56 bits per heavy atom. The average Bonchev–Trinajstić information content (AvgIpc) is 2.66. The van der Waals surface area contributed by atoms with Crippen LogP contribution in [0.3, 0.4) is 0 Å². The molecule has 0 amide bonds. The van der Waals surface area contributed by atoms with Crippen LogP contribution in [0.2, 0.25) is 0 Å². The number of rotatable bonds is 3. The van der Waals surface area contributed by atoms with Gasteiger partial charge in [0.15, 0.2) is 0 Å². The minimum atomic E-state index is -0.562. The largest absolute Gasteiger partial charge is 0.321 e. The summed E-state index contributed by atoms with van der Waals surface area (Å²) < 4.78 is 2.83. The molecule has 4 aromatic rings. The molecule has 0 aliphatic heterocycles. The molecule has 0 saturated heterocycles. The first-order chi connectivity index (χ1) is 12.2. The zero-order chi connectivity index (χ0) is 17.2. The first kappa shape index (κ1) is 15.1. The van der Waals surface area contributed by atoms with E-state index in [1.54, 1.807) is 24.8 Å². The molecule has 2 aromatic carbocycles. The summed E-state index contributed by atoms with van der Waals surface area (Å²) in [7, 11) is 0. The molecule has 4 rings (SSSR count). The molecule has 0 aliphatic rings. The lowest BCUT2D eigenvalue weighted by Gasteiger charge is -2.11. The van der Waals surface area contributed by atoms with Gasteiger partial charge in [-0.05, 0) is 29.1 Å². The smallest absolute Gasteiger partial charge is 0.305 e. The number of benzene rings is 2. The molecule has 5 heteroatoms. The molecule has 0 unspecified atom stereocenters. The van der Waals surface area contributed by atoms with Crippen LogP contribution in [0.4, 0.5) is 0 Å². The molecule has 2 heterocycles. The van der Waals surface area contributed by atoms with E-state index in [-0.39, 0.29) is 0 Å². The van der Waals surface area contributed by atoms with E-state index >= 15 is 0 Å². The summed E-state index contributed by atoms with van der Waals surface area (Å²) in [5, 5.41) is 1.95. The maximum Gasteiger partial charge on any atom is 0.321 e. The molecule has 5 nitrogen and oxygen atoms in total. The predicted molar refractivity (Wildman–Crippen MR) is 97.1 cm³/mol. The van der Waals surface area contributed by atoms with E-state index in [2.05, 4.69) is 4.98 Å². The highest BCUT2D eigenvalue weighted by Crippen LogP contribution is 2.20. The van der Waals surface area contributed by atoms with E-state index in [1.165, 1.54) is 9.13 Å². The van der Waals surface area contributed by atoms with Gasteiger partial charge in [0, 0.05) is 30.2 Å². The SMILES string of the molecule is O=c1c(=O)n(-c2cccc3ccccc23)ccn1Cc1ccncc1. The summed E-state index contributed by atoms with van der Waals surface area (Å²) in [6.45, 7) is 0.340. The van der Waals surface area contributed by atoms with Crippen molar-refractivity contribution in [3.05, 3.63) is 106 Å². The van der Waals surface area contributed by atoms with Gasteiger partial charge < -0.3 is 4.57 Å². The van der Waals surface area contributed by atoms with Crippen molar-refractivity contribution in [3.63, 3.8) is 0 Å². The number of fused-ring (bicyclic) bond motifs is 1. The summed E-state index contributed by atoms with van der Waals surface area (Å²) in [6, 6.07) is 17.1. The first-order valence-corrected chi connectivity index (χ1v) is 7.93. The quantitative estimate of drug-likeness (QED) is 0.543. The maximum absolute atomic E-state index is 12.6. The highest BCUT2D eigenvalue weighted by molar-refractivity contribution is 5.90. The van der Waals surface area contributed by atoms with Crippen LogP contribution in [0.15, 0.2) is 89.0 Å². The molecule has 25 heavy (non-hydrogen) atoms. The monoisotopic (exact) mass is 329 g/mol. The lowest BCUT2D eigenvalue weighted by atomic mass is 10.1. The van der Waals surface area contributed by atoms with Gasteiger partial charge >= 0.3 is 11.1 Å². The number of pyridine rings is 1. The fourth-order valence-corrected chi connectivity index (χ4v) is 2.93. The molecule has 0 saturated carbocycles. The van der Waals surface area contributed by atoms with Crippen LogP contribution in [0.5, 0.6) is 0 Å². The summed E-state index contributed by atoms with van der Waals surface area (Å²) in [4.78, 5) is 29.1. The van der Waals surface area contributed by atoms with Crippen molar-refractivity contribution in [2.24, 2.45) is 0 Å². The van der Waals surface area contributed by atoms with E-state index in [0.29, 0.717) is 12.2 Å². The molecule has 0 bridgehead atoms. The molecule has 0 aliphatic carbocycles. The Kier molecular flexibility index (Phi) is 3.74. The lowest BCUT2D eigenvalue weighted by Crippen LogP contribution is -2.40. The third kappa shape index (κ3) is 2.76. The van der Waals surface area contributed by atoms with Crippen LogP contribution >= 0.6 is 0 Å². The van der Waals surface area contributed by atoms with E-state index < -0.39 is 11.1 Å². The fourth-order valence-electron chi connectivity index (χ4n) is 2.93. The minimum absolute atomic E-state index is 0.340. The van der Waals surface area contributed by atoms with Gasteiger partial charge in [0.2, 0.25) is 0 Å². The Balaban J connectivity index is 1.83. The molecule has 0 atom stereocenters. The molecule has 122 valence electrons. The Hall–Kier alpha value is -3.47. The molecule has 0 N–H and O–H groups in total. The number of aromatic nitrogens is 3. The van der Waals surface area contributed by atoms with Gasteiger partial charge in [-0.25, -0.2) is 0 Å². The number of hydrogen-bond donors (Lipinski definition) is 0. The standard InChI is InChI=1S/C20H15N3O2/c24-19-20(25)23(13-12-22(19)14-15-8-10-21-11-9-15)18-7-3-5-16-4-1-2-6-17(16)18/h1-13H,14H2. The Morgan fingerprint density at radius 3 is 2.40 bits per heavy atom. The van der Waals surface area contributed by atoms with Crippen LogP contribution in [-0.2, 0) is 6.54 Å². The molecular weight excluding hydrogens is 314 g/mol. The third-order valence-electron chi connectivity index (χ3n) is 4.19. The zero-order valence-electron chi connectivity index (χ0n) is 13.4. The van der Waals surface area contributed by atoms with Crippen LogP contribution in [0.25, 0.3) is 16.5 Å². The summed E-state index contributed by atoms with van der Waals surface area (Å²) in [5.74, 6) is 0. The van der Waals surface area contributed by atoms with Crippen molar-refractivity contribution in [1.29, 1.82) is 0 Å². The van der Waals surface area contributed by atoms with E-state index in [1.807, 2.05) is 54.6 Å². The average molecular weight is 329 g/mol. The summed E-state index contributed by atoms with van der Waals surface area (Å²) in [6.07, 6.45) is 6.62. The van der Waals surface area contributed by atoms with Crippen molar-refractivity contribution in [3.8, 4) is 5.69 Å². The van der Waals surface area contributed by atoms with E-state index in [0.717, 1.165) is 16.3 Å². The fraction of sp³-hybridized carbons (Fsp3) is 0.0500. The normalized spacial score (nSPS) is 10.9. The van der Waals surface area contributed by atoms with Gasteiger partial charge in [-0.1, -0.05) is 36.4 Å².